The van der Waals surface area contributed by atoms with E-state index in [-0.39, 0.29) is 12.4 Å². The smallest absolute Gasteiger partial charge is 0.123 e. The first-order chi connectivity index (χ1) is 16.5. The van der Waals surface area contributed by atoms with Crippen molar-refractivity contribution in [1.29, 1.82) is 5.26 Å². The van der Waals surface area contributed by atoms with E-state index < -0.39 is 11.5 Å². The molecule has 0 spiro atoms. The number of aliphatic hydroxyl groups excluding tert-OH is 1. The molecule has 2 aromatic rings. The molecule has 1 aliphatic heterocycles. The molecule has 7 heteroatoms. The quantitative estimate of drug-likeness (QED) is 0.640. The number of aliphatic hydroxyl groups is 1. The van der Waals surface area contributed by atoms with Crippen molar-refractivity contribution in [2.45, 2.75) is 43.2 Å². The molecule has 0 amide bonds. The molecule has 6 nitrogen and oxygen atoms in total. The predicted molar refractivity (Wildman–Crippen MR) is 128 cm³/mol. The maximum atomic E-state index is 13.0. The lowest BCUT2D eigenvalue weighted by molar-refractivity contribution is 0.0286. The Morgan fingerprint density at radius 2 is 1.65 bits per heavy atom. The van der Waals surface area contributed by atoms with Gasteiger partial charge in [0.1, 0.15) is 30.0 Å². The predicted octanol–water partition coefficient (Wildman–Crippen LogP) is 3.60. The van der Waals surface area contributed by atoms with Gasteiger partial charge in [-0.1, -0.05) is 12.1 Å². The standard InChI is InChI=1S/C27H34FN3O3/c1-33-25-6-2-21(3-7-25)27(20-29)12-10-23(11-13-27)31-16-14-30(15-17-31)18-24(32)19-34-26-8-4-22(28)5-9-26/h2-9,23-24,32H,10-19H2,1H3. The number of benzene rings is 2. The largest absolute Gasteiger partial charge is 0.497 e. The highest BCUT2D eigenvalue weighted by molar-refractivity contribution is 5.37. The van der Waals surface area contributed by atoms with Crippen molar-refractivity contribution in [3.63, 3.8) is 0 Å². The summed E-state index contributed by atoms with van der Waals surface area (Å²) in [5.41, 5.74) is 0.690. The van der Waals surface area contributed by atoms with E-state index >= 15 is 0 Å². The van der Waals surface area contributed by atoms with E-state index in [4.69, 9.17) is 9.47 Å². The van der Waals surface area contributed by atoms with Crippen LogP contribution < -0.4 is 9.47 Å². The lowest BCUT2D eigenvalue weighted by Gasteiger charge is -2.44. The fourth-order valence-electron chi connectivity index (χ4n) is 5.22. The summed E-state index contributed by atoms with van der Waals surface area (Å²) in [5, 5.41) is 20.4. The fraction of sp³-hybridized carbons (Fsp3) is 0.519. The Hall–Kier alpha value is -2.66. The molecule has 1 unspecified atom stereocenters. The number of nitriles is 1. The number of methoxy groups -OCH3 is 1. The molecule has 2 fully saturated rings. The van der Waals surface area contributed by atoms with Gasteiger partial charge in [0.05, 0.1) is 18.6 Å². The van der Waals surface area contributed by atoms with Crippen LogP contribution in [-0.2, 0) is 5.41 Å². The van der Waals surface area contributed by atoms with Gasteiger partial charge >= 0.3 is 0 Å². The van der Waals surface area contributed by atoms with E-state index in [2.05, 4.69) is 15.9 Å². The van der Waals surface area contributed by atoms with Gasteiger partial charge in [0.25, 0.3) is 0 Å². The van der Waals surface area contributed by atoms with Gasteiger partial charge in [0.15, 0.2) is 0 Å². The van der Waals surface area contributed by atoms with E-state index in [1.54, 1.807) is 19.2 Å². The minimum Gasteiger partial charge on any atom is -0.497 e. The van der Waals surface area contributed by atoms with Gasteiger partial charge in [-0.25, -0.2) is 4.39 Å². The molecule has 1 N–H and O–H groups in total. The molecule has 1 aliphatic carbocycles. The maximum absolute atomic E-state index is 13.0. The minimum absolute atomic E-state index is 0.191. The highest BCUT2D eigenvalue weighted by atomic mass is 19.1. The zero-order valence-corrected chi connectivity index (χ0v) is 19.8. The molecular formula is C27H34FN3O3. The van der Waals surface area contributed by atoms with E-state index in [1.807, 2.05) is 24.3 Å². The molecule has 1 heterocycles. The lowest BCUT2D eigenvalue weighted by Crippen LogP contribution is -2.53. The highest BCUT2D eigenvalue weighted by Crippen LogP contribution is 2.41. The van der Waals surface area contributed by atoms with Crippen molar-refractivity contribution in [2.24, 2.45) is 0 Å². The van der Waals surface area contributed by atoms with Crippen LogP contribution in [0.2, 0.25) is 0 Å². The summed E-state index contributed by atoms with van der Waals surface area (Å²) in [6.45, 7) is 4.51. The van der Waals surface area contributed by atoms with Crippen LogP contribution in [0.15, 0.2) is 48.5 Å². The molecule has 0 radical (unpaired) electrons. The Morgan fingerprint density at radius 1 is 1.03 bits per heavy atom. The highest BCUT2D eigenvalue weighted by Gasteiger charge is 2.39. The number of hydrogen-bond acceptors (Lipinski definition) is 6. The van der Waals surface area contributed by atoms with Crippen molar-refractivity contribution in [3.05, 3.63) is 59.9 Å². The summed E-state index contributed by atoms with van der Waals surface area (Å²) in [5.74, 6) is 1.07. The molecule has 0 aromatic heterocycles. The number of nitrogens with zero attached hydrogens (tertiary/aromatic N) is 3. The number of piperazine rings is 1. The van der Waals surface area contributed by atoms with Crippen LogP contribution in [0.5, 0.6) is 11.5 Å². The van der Waals surface area contributed by atoms with Crippen LogP contribution in [0, 0.1) is 17.1 Å². The van der Waals surface area contributed by atoms with Gasteiger partial charge in [0, 0.05) is 38.8 Å². The molecular weight excluding hydrogens is 433 g/mol. The summed E-state index contributed by atoms with van der Waals surface area (Å²) in [4.78, 5) is 4.82. The first-order valence-corrected chi connectivity index (χ1v) is 12.1. The van der Waals surface area contributed by atoms with Gasteiger partial charge < -0.3 is 14.6 Å². The topological polar surface area (TPSA) is 69.0 Å². The monoisotopic (exact) mass is 467 g/mol. The van der Waals surface area contributed by atoms with Gasteiger partial charge in [-0.05, 0) is 67.6 Å². The Balaban J connectivity index is 1.21. The second-order valence-corrected chi connectivity index (χ2v) is 9.41. The summed E-state index contributed by atoms with van der Waals surface area (Å²) in [6.07, 6.45) is 3.20. The Morgan fingerprint density at radius 3 is 2.24 bits per heavy atom. The molecule has 34 heavy (non-hydrogen) atoms. The first kappa shape index (κ1) is 24.5. The zero-order valence-electron chi connectivity index (χ0n) is 19.8. The van der Waals surface area contributed by atoms with E-state index in [0.29, 0.717) is 18.3 Å². The lowest BCUT2D eigenvalue weighted by atomic mass is 9.69. The van der Waals surface area contributed by atoms with Crippen LogP contribution in [-0.4, -0.2) is 73.5 Å². The average Bonchev–Trinajstić information content (AvgIpc) is 2.89. The molecule has 1 saturated carbocycles. The number of halogens is 1. The molecule has 4 rings (SSSR count). The maximum Gasteiger partial charge on any atom is 0.123 e. The fourth-order valence-corrected chi connectivity index (χ4v) is 5.22. The average molecular weight is 468 g/mol. The molecule has 1 atom stereocenters. The first-order valence-electron chi connectivity index (χ1n) is 12.1. The summed E-state index contributed by atoms with van der Waals surface area (Å²) >= 11 is 0. The van der Waals surface area contributed by atoms with E-state index in [9.17, 15) is 14.8 Å². The third-order valence-corrected chi connectivity index (χ3v) is 7.31. The van der Waals surface area contributed by atoms with Crippen molar-refractivity contribution in [3.8, 4) is 17.6 Å². The van der Waals surface area contributed by atoms with Gasteiger partial charge in [-0.2, -0.15) is 5.26 Å². The number of rotatable bonds is 8. The van der Waals surface area contributed by atoms with Crippen molar-refractivity contribution in [1.82, 2.24) is 9.80 Å². The minimum atomic E-state index is -0.591. The molecule has 182 valence electrons. The second-order valence-electron chi connectivity index (χ2n) is 9.41. The third-order valence-electron chi connectivity index (χ3n) is 7.31. The molecule has 0 bridgehead atoms. The molecule has 2 aromatic carbocycles. The van der Waals surface area contributed by atoms with E-state index in [0.717, 1.165) is 63.2 Å². The summed E-state index contributed by atoms with van der Waals surface area (Å²) in [7, 11) is 1.66. The number of ether oxygens (including phenoxy) is 2. The second kappa shape index (κ2) is 11.2. The van der Waals surface area contributed by atoms with Gasteiger partial charge in [-0.15, -0.1) is 0 Å². The summed E-state index contributed by atoms with van der Waals surface area (Å²) in [6, 6.07) is 16.9. The van der Waals surface area contributed by atoms with Crippen molar-refractivity contribution >= 4 is 0 Å². The molecule has 1 saturated heterocycles. The number of hydrogen-bond donors (Lipinski definition) is 1. The van der Waals surface area contributed by atoms with Crippen molar-refractivity contribution in [2.75, 3.05) is 46.4 Å². The normalized spacial score (nSPS) is 24.8. The molecule has 2 aliphatic rings. The van der Waals surface area contributed by atoms with Crippen LogP contribution >= 0.6 is 0 Å². The zero-order chi connectivity index (χ0) is 24.0. The Bertz CT molecular complexity index is 945. The van der Waals surface area contributed by atoms with Crippen molar-refractivity contribution < 1.29 is 19.0 Å². The van der Waals surface area contributed by atoms with Crippen LogP contribution in [0.3, 0.4) is 0 Å². The van der Waals surface area contributed by atoms with Crippen LogP contribution in [0.4, 0.5) is 4.39 Å². The van der Waals surface area contributed by atoms with Gasteiger partial charge in [-0.3, -0.25) is 9.80 Å². The van der Waals surface area contributed by atoms with Gasteiger partial charge in [0.2, 0.25) is 0 Å². The number of β-amino-alcohol motifs (C(OH)–C–C–N with tert-alkyl or cyclic N) is 1. The van der Waals surface area contributed by atoms with E-state index in [1.165, 1.54) is 12.1 Å². The Kier molecular flexibility index (Phi) is 8.04. The van der Waals surface area contributed by atoms with Crippen LogP contribution in [0.25, 0.3) is 0 Å². The summed E-state index contributed by atoms with van der Waals surface area (Å²) < 4.78 is 23.8. The Labute approximate surface area is 201 Å². The third kappa shape index (κ3) is 5.87. The SMILES string of the molecule is COc1ccc(C2(C#N)CCC(N3CCN(CC(O)COc4ccc(F)cc4)CC3)CC2)cc1. The van der Waals surface area contributed by atoms with Crippen LogP contribution in [0.1, 0.15) is 31.2 Å².